The molecule has 0 saturated heterocycles. The van der Waals surface area contributed by atoms with Crippen molar-refractivity contribution in [1.29, 1.82) is 0 Å². The second kappa shape index (κ2) is 11.4. The van der Waals surface area contributed by atoms with Gasteiger partial charge >= 0.3 is 0 Å². The highest BCUT2D eigenvalue weighted by Crippen LogP contribution is 2.39. The Balaban J connectivity index is 1.67. The molecular weight excluding hydrogens is 480 g/mol. The molecule has 1 aliphatic rings. The van der Waals surface area contributed by atoms with Crippen molar-refractivity contribution in [2.45, 2.75) is 39.2 Å². The number of hydrogen-bond acceptors (Lipinski definition) is 7. The summed E-state index contributed by atoms with van der Waals surface area (Å²) in [5, 5.41) is 3.42. The maximum atomic E-state index is 13.7. The van der Waals surface area contributed by atoms with E-state index >= 15 is 0 Å². The van der Waals surface area contributed by atoms with Crippen molar-refractivity contribution >= 4 is 40.8 Å². The standard InChI is InChI=1S/C30H32N4O4/c1-3-4-5-8-14-33-16-18-10-9-11-19(15-18)34(2)30(38)23-22(17-35)26(31)24-25(27(23)32)29(37)21-13-7-6-12-20(21)28(24)36/h6-7,9-13,15,17,33H,3-5,8,14,16,31-32H2,1-2H3. The predicted molar refractivity (Wildman–Crippen MR) is 149 cm³/mol. The lowest BCUT2D eigenvalue weighted by molar-refractivity contribution is 0.0975. The smallest absolute Gasteiger partial charge is 0.260 e. The topological polar surface area (TPSA) is 136 Å². The van der Waals surface area contributed by atoms with Crippen LogP contribution in [0.3, 0.4) is 0 Å². The van der Waals surface area contributed by atoms with Crippen molar-refractivity contribution < 1.29 is 19.2 Å². The Hall–Kier alpha value is -4.30. The largest absolute Gasteiger partial charge is 0.398 e. The average molecular weight is 513 g/mol. The van der Waals surface area contributed by atoms with E-state index in [-0.39, 0.29) is 44.8 Å². The molecule has 0 atom stereocenters. The van der Waals surface area contributed by atoms with Gasteiger partial charge in [0.25, 0.3) is 5.91 Å². The van der Waals surface area contributed by atoms with E-state index in [1.165, 1.54) is 36.3 Å². The van der Waals surface area contributed by atoms with Crippen LogP contribution in [-0.2, 0) is 6.54 Å². The number of unbranched alkanes of at least 4 members (excludes halogenated alkanes) is 3. The number of aldehydes is 1. The van der Waals surface area contributed by atoms with Gasteiger partial charge in [-0.15, -0.1) is 0 Å². The molecule has 0 saturated carbocycles. The summed E-state index contributed by atoms with van der Waals surface area (Å²) in [4.78, 5) is 53.8. The van der Waals surface area contributed by atoms with Gasteiger partial charge in [0.1, 0.15) is 0 Å². The van der Waals surface area contributed by atoms with Gasteiger partial charge in [-0.2, -0.15) is 0 Å². The molecule has 0 fully saturated rings. The van der Waals surface area contributed by atoms with Gasteiger partial charge in [0, 0.05) is 30.4 Å². The minimum absolute atomic E-state index is 0.139. The highest BCUT2D eigenvalue weighted by Gasteiger charge is 2.37. The Morgan fingerprint density at radius 2 is 1.58 bits per heavy atom. The molecule has 8 heteroatoms. The number of carbonyl (C=O) groups is 4. The monoisotopic (exact) mass is 512 g/mol. The quantitative estimate of drug-likeness (QED) is 0.163. The van der Waals surface area contributed by atoms with Crippen molar-refractivity contribution in [3.63, 3.8) is 0 Å². The molecule has 3 aromatic rings. The van der Waals surface area contributed by atoms with E-state index in [0.717, 1.165) is 18.5 Å². The first-order valence-corrected chi connectivity index (χ1v) is 12.8. The maximum Gasteiger partial charge on any atom is 0.260 e. The van der Waals surface area contributed by atoms with Crippen LogP contribution in [0, 0.1) is 0 Å². The Kier molecular flexibility index (Phi) is 8.02. The lowest BCUT2D eigenvalue weighted by Crippen LogP contribution is -2.32. The Morgan fingerprint density at radius 1 is 0.921 bits per heavy atom. The van der Waals surface area contributed by atoms with Crippen LogP contribution < -0.4 is 21.7 Å². The van der Waals surface area contributed by atoms with E-state index < -0.39 is 17.5 Å². The van der Waals surface area contributed by atoms with Crippen molar-refractivity contribution in [2.24, 2.45) is 0 Å². The number of fused-ring (bicyclic) bond motifs is 2. The summed E-state index contributed by atoms with van der Waals surface area (Å²) in [5.41, 5.74) is 13.4. The molecule has 3 aromatic carbocycles. The number of carbonyl (C=O) groups excluding carboxylic acids is 4. The molecular formula is C30H32N4O4. The number of ketones is 2. The molecule has 0 aliphatic heterocycles. The van der Waals surface area contributed by atoms with Gasteiger partial charge in [0.05, 0.1) is 33.6 Å². The maximum absolute atomic E-state index is 13.7. The normalized spacial score (nSPS) is 12.2. The molecule has 0 spiro atoms. The van der Waals surface area contributed by atoms with Crippen LogP contribution in [-0.4, -0.2) is 37.4 Å². The number of nitrogens with two attached hydrogens (primary N) is 2. The fourth-order valence-corrected chi connectivity index (χ4v) is 4.85. The third-order valence-corrected chi connectivity index (χ3v) is 6.96. The molecule has 5 N–H and O–H groups in total. The molecule has 1 aliphatic carbocycles. The van der Waals surface area contributed by atoms with Gasteiger partial charge in [0.15, 0.2) is 17.9 Å². The van der Waals surface area contributed by atoms with Crippen molar-refractivity contribution in [2.75, 3.05) is 30.0 Å². The number of rotatable bonds is 10. The predicted octanol–water partition coefficient (Wildman–Crippen LogP) is 4.39. The van der Waals surface area contributed by atoms with Crippen LogP contribution in [0.4, 0.5) is 17.1 Å². The number of nitrogens with one attached hydrogen (secondary N) is 1. The van der Waals surface area contributed by atoms with Crippen LogP contribution >= 0.6 is 0 Å². The van der Waals surface area contributed by atoms with Gasteiger partial charge in [-0.25, -0.2) is 0 Å². The molecule has 0 aromatic heterocycles. The van der Waals surface area contributed by atoms with Gasteiger partial charge < -0.3 is 21.7 Å². The number of hydrogen-bond donors (Lipinski definition) is 3. The summed E-state index contributed by atoms with van der Waals surface area (Å²) >= 11 is 0. The molecule has 4 rings (SSSR count). The van der Waals surface area contributed by atoms with E-state index in [1.807, 2.05) is 18.2 Å². The first-order chi connectivity index (χ1) is 18.3. The second-order valence-corrected chi connectivity index (χ2v) is 9.46. The number of nitrogen functional groups attached to an aromatic ring is 2. The summed E-state index contributed by atoms with van der Waals surface area (Å²) in [7, 11) is 1.56. The van der Waals surface area contributed by atoms with Gasteiger partial charge in [-0.05, 0) is 30.7 Å². The third-order valence-electron chi connectivity index (χ3n) is 6.96. The lowest BCUT2D eigenvalue weighted by atomic mass is 9.79. The fraction of sp³-hybridized carbons (Fsp3) is 0.267. The number of nitrogens with zero attached hydrogens (tertiary/aromatic N) is 1. The zero-order valence-corrected chi connectivity index (χ0v) is 21.7. The lowest BCUT2D eigenvalue weighted by Gasteiger charge is -2.26. The SMILES string of the molecule is CCCCCCNCc1cccc(N(C)C(=O)c2c(N)c3c(c(N)c2C=O)C(=O)c2ccccc2C3=O)c1. The van der Waals surface area contributed by atoms with Crippen LogP contribution in [0.5, 0.6) is 0 Å². The molecule has 0 radical (unpaired) electrons. The van der Waals surface area contributed by atoms with E-state index in [1.54, 1.807) is 25.2 Å². The zero-order valence-electron chi connectivity index (χ0n) is 21.7. The van der Waals surface area contributed by atoms with E-state index in [4.69, 9.17) is 11.5 Å². The minimum atomic E-state index is -0.608. The molecule has 1 amide bonds. The van der Waals surface area contributed by atoms with E-state index in [9.17, 15) is 19.2 Å². The summed E-state index contributed by atoms with van der Waals surface area (Å²) in [6.45, 7) is 3.73. The molecule has 196 valence electrons. The van der Waals surface area contributed by atoms with E-state index in [2.05, 4.69) is 12.2 Å². The molecule has 38 heavy (non-hydrogen) atoms. The van der Waals surface area contributed by atoms with Crippen molar-refractivity contribution in [3.8, 4) is 0 Å². The number of anilines is 3. The highest BCUT2D eigenvalue weighted by atomic mass is 16.2. The minimum Gasteiger partial charge on any atom is -0.398 e. The van der Waals surface area contributed by atoms with Gasteiger partial charge in [-0.3, -0.25) is 19.2 Å². The highest BCUT2D eigenvalue weighted by molar-refractivity contribution is 6.34. The summed E-state index contributed by atoms with van der Waals surface area (Å²) < 4.78 is 0. The first kappa shape index (κ1) is 26.8. The second-order valence-electron chi connectivity index (χ2n) is 9.46. The van der Waals surface area contributed by atoms with Crippen LogP contribution in [0.15, 0.2) is 48.5 Å². The summed E-state index contributed by atoms with van der Waals surface area (Å²) in [6, 6.07) is 13.8. The Morgan fingerprint density at radius 3 is 2.21 bits per heavy atom. The van der Waals surface area contributed by atoms with Crippen LogP contribution in [0.25, 0.3) is 0 Å². The zero-order chi connectivity index (χ0) is 27.4. The van der Waals surface area contributed by atoms with Crippen molar-refractivity contribution in [1.82, 2.24) is 5.32 Å². The number of amides is 1. The summed E-state index contributed by atoms with van der Waals surface area (Å²) in [6.07, 6.45) is 5.10. The van der Waals surface area contributed by atoms with Gasteiger partial charge in [-0.1, -0.05) is 62.6 Å². The van der Waals surface area contributed by atoms with Gasteiger partial charge in [0.2, 0.25) is 0 Å². The molecule has 8 nitrogen and oxygen atoms in total. The Bertz CT molecular complexity index is 1430. The first-order valence-electron chi connectivity index (χ1n) is 12.8. The fourth-order valence-electron chi connectivity index (χ4n) is 4.85. The van der Waals surface area contributed by atoms with Crippen LogP contribution in [0.1, 0.15) is 90.7 Å². The third kappa shape index (κ3) is 4.82. The number of benzene rings is 3. The summed E-state index contributed by atoms with van der Waals surface area (Å²) in [5.74, 6) is -1.63. The molecule has 0 bridgehead atoms. The molecule has 0 heterocycles. The molecule has 0 unspecified atom stereocenters. The van der Waals surface area contributed by atoms with Crippen LogP contribution in [0.2, 0.25) is 0 Å². The Labute approximate surface area is 222 Å². The average Bonchev–Trinajstić information content (AvgIpc) is 2.93. The van der Waals surface area contributed by atoms with E-state index in [0.29, 0.717) is 18.5 Å². The van der Waals surface area contributed by atoms with Crippen molar-refractivity contribution in [3.05, 3.63) is 87.5 Å².